The quantitative estimate of drug-likeness (QED) is 0.843. The second-order valence-electron chi connectivity index (χ2n) is 7.52. The SMILES string of the molecule is O=C(C[NH+]1CCN(C(=O)C2CC2)CC1)Nc1ccc(-c2ccccc2)cc1. The number of carbonyl (C=O) groups excluding carboxylic acids is 2. The van der Waals surface area contributed by atoms with Gasteiger partial charge in [-0.25, -0.2) is 0 Å². The van der Waals surface area contributed by atoms with E-state index >= 15 is 0 Å². The Kier molecular flexibility index (Phi) is 5.21. The molecule has 2 aliphatic rings. The minimum absolute atomic E-state index is 0.0273. The molecule has 2 amide bonds. The minimum atomic E-state index is 0.0273. The zero-order chi connectivity index (χ0) is 18.6. The minimum Gasteiger partial charge on any atom is -0.331 e. The summed E-state index contributed by atoms with van der Waals surface area (Å²) in [5.41, 5.74) is 3.12. The lowest BCUT2D eigenvalue weighted by Crippen LogP contribution is -3.15. The van der Waals surface area contributed by atoms with Crippen molar-refractivity contribution < 1.29 is 14.5 Å². The van der Waals surface area contributed by atoms with Gasteiger partial charge in [-0.05, 0) is 36.1 Å². The summed E-state index contributed by atoms with van der Waals surface area (Å²) in [6, 6.07) is 18.1. The zero-order valence-corrected chi connectivity index (χ0v) is 15.5. The Hall–Kier alpha value is -2.66. The number of nitrogens with one attached hydrogen (secondary N) is 2. The maximum atomic E-state index is 12.4. The molecule has 0 radical (unpaired) electrons. The molecule has 2 aromatic rings. The van der Waals surface area contributed by atoms with Crippen molar-refractivity contribution in [2.75, 3.05) is 38.0 Å². The van der Waals surface area contributed by atoms with Crippen molar-refractivity contribution in [2.24, 2.45) is 5.92 Å². The summed E-state index contributed by atoms with van der Waals surface area (Å²) in [6.07, 6.45) is 2.11. The van der Waals surface area contributed by atoms with Crippen molar-refractivity contribution in [1.82, 2.24) is 4.90 Å². The van der Waals surface area contributed by atoms with Gasteiger partial charge in [0.1, 0.15) is 0 Å². The fourth-order valence-corrected chi connectivity index (χ4v) is 3.62. The topological polar surface area (TPSA) is 53.9 Å². The Morgan fingerprint density at radius 1 is 0.926 bits per heavy atom. The number of anilines is 1. The van der Waals surface area contributed by atoms with Gasteiger partial charge >= 0.3 is 0 Å². The van der Waals surface area contributed by atoms with Gasteiger partial charge in [-0.2, -0.15) is 0 Å². The number of benzene rings is 2. The Labute approximate surface area is 160 Å². The van der Waals surface area contributed by atoms with Crippen LogP contribution in [0, 0.1) is 5.92 Å². The number of carbonyl (C=O) groups is 2. The standard InChI is InChI=1S/C22H25N3O2/c26-21(16-24-12-14-25(15-13-24)22(27)19-6-7-19)23-20-10-8-18(9-11-20)17-4-2-1-3-5-17/h1-5,8-11,19H,6-7,12-16H2,(H,23,26)/p+1. The number of rotatable bonds is 5. The number of piperazine rings is 1. The molecule has 1 aliphatic carbocycles. The van der Waals surface area contributed by atoms with Crippen LogP contribution in [0.4, 0.5) is 5.69 Å². The summed E-state index contributed by atoms with van der Waals surface area (Å²) < 4.78 is 0. The van der Waals surface area contributed by atoms with Gasteiger partial charge in [0.15, 0.2) is 6.54 Å². The van der Waals surface area contributed by atoms with Gasteiger partial charge in [-0.15, -0.1) is 0 Å². The monoisotopic (exact) mass is 364 g/mol. The van der Waals surface area contributed by atoms with Crippen LogP contribution in [-0.4, -0.2) is 49.4 Å². The Morgan fingerprint density at radius 3 is 2.19 bits per heavy atom. The third-order valence-electron chi connectivity index (χ3n) is 5.40. The van der Waals surface area contributed by atoms with Gasteiger partial charge in [0, 0.05) is 11.6 Å². The highest BCUT2D eigenvalue weighted by Crippen LogP contribution is 2.30. The largest absolute Gasteiger partial charge is 0.331 e. The molecule has 1 saturated carbocycles. The molecule has 2 fully saturated rings. The van der Waals surface area contributed by atoms with Crippen LogP contribution in [0.5, 0.6) is 0 Å². The summed E-state index contributed by atoms with van der Waals surface area (Å²) in [4.78, 5) is 27.7. The second-order valence-corrected chi connectivity index (χ2v) is 7.52. The Balaban J connectivity index is 1.25. The van der Waals surface area contributed by atoms with E-state index in [9.17, 15) is 9.59 Å². The van der Waals surface area contributed by atoms with Crippen LogP contribution in [0.25, 0.3) is 11.1 Å². The fourth-order valence-electron chi connectivity index (χ4n) is 3.62. The van der Waals surface area contributed by atoms with E-state index < -0.39 is 0 Å². The van der Waals surface area contributed by atoms with E-state index in [1.165, 1.54) is 10.5 Å². The second kappa shape index (κ2) is 7.92. The van der Waals surface area contributed by atoms with Crippen LogP contribution in [0.3, 0.4) is 0 Å². The van der Waals surface area contributed by atoms with Crippen molar-refractivity contribution in [3.63, 3.8) is 0 Å². The molecule has 1 saturated heterocycles. The van der Waals surface area contributed by atoms with E-state index in [0.717, 1.165) is 50.3 Å². The molecule has 140 valence electrons. The lowest BCUT2D eigenvalue weighted by Gasteiger charge is -2.32. The summed E-state index contributed by atoms with van der Waals surface area (Å²) in [5, 5.41) is 2.99. The van der Waals surface area contributed by atoms with E-state index in [-0.39, 0.29) is 11.8 Å². The zero-order valence-electron chi connectivity index (χ0n) is 15.5. The molecule has 1 heterocycles. The van der Waals surface area contributed by atoms with Gasteiger partial charge in [0.25, 0.3) is 5.91 Å². The maximum absolute atomic E-state index is 12.4. The Bertz CT molecular complexity index is 792. The number of amides is 2. The maximum Gasteiger partial charge on any atom is 0.279 e. The summed E-state index contributed by atoms with van der Waals surface area (Å²) in [7, 11) is 0. The third-order valence-corrected chi connectivity index (χ3v) is 5.40. The molecular weight excluding hydrogens is 338 g/mol. The van der Waals surface area contributed by atoms with Crippen LogP contribution in [0.15, 0.2) is 54.6 Å². The molecule has 1 aliphatic heterocycles. The summed E-state index contributed by atoms with van der Waals surface area (Å²) in [6.45, 7) is 3.68. The van der Waals surface area contributed by atoms with E-state index in [2.05, 4.69) is 17.4 Å². The molecule has 0 atom stereocenters. The normalized spacial score (nSPS) is 17.6. The van der Waals surface area contributed by atoms with Crippen molar-refractivity contribution >= 4 is 17.5 Å². The molecular formula is C22H26N3O2+. The molecule has 0 aromatic heterocycles. The fraction of sp³-hybridized carbons (Fsp3) is 0.364. The third kappa shape index (κ3) is 4.55. The van der Waals surface area contributed by atoms with E-state index in [4.69, 9.17) is 0 Å². The van der Waals surface area contributed by atoms with Crippen molar-refractivity contribution in [1.29, 1.82) is 0 Å². The highest BCUT2D eigenvalue weighted by Gasteiger charge is 2.35. The van der Waals surface area contributed by atoms with Crippen molar-refractivity contribution in [2.45, 2.75) is 12.8 Å². The Morgan fingerprint density at radius 2 is 1.56 bits per heavy atom. The molecule has 0 bridgehead atoms. The first-order chi connectivity index (χ1) is 13.2. The van der Waals surface area contributed by atoms with E-state index in [0.29, 0.717) is 12.5 Å². The van der Waals surface area contributed by atoms with E-state index in [1.54, 1.807) is 0 Å². The summed E-state index contributed by atoms with van der Waals surface area (Å²) >= 11 is 0. The molecule has 2 N–H and O–H groups in total. The number of hydrogen-bond acceptors (Lipinski definition) is 2. The van der Waals surface area contributed by atoms with Gasteiger partial charge in [0.2, 0.25) is 5.91 Å². The highest BCUT2D eigenvalue weighted by molar-refractivity contribution is 5.91. The van der Waals surface area contributed by atoms with Crippen LogP contribution in [0.2, 0.25) is 0 Å². The lowest BCUT2D eigenvalue weighted by molar-refractivity contribution is -0.895. The van der Waals surface area contributed by atoms with Crippen LogP contribution in [0.1, 0.15) is 12.8 Å². The van der Waals surface area contributed by atoms with Crippen molar-refractivity contribution in [3.8, 4) is 11.1 Å². The molecule has 27 heavy (non-hydrogen) atoms. The predicted octanol–water partition coefficient (Wildman–Crippen LogP) is 1.43. The molecule has 2 aromatic carbocycles. The number of hydrogen-bond donors (Lipinski definition) is 2. The van der Waals surface area contributed by atoms with Gasteiger partial charge in [-0.3, -0.25) is 9.59 Å². The molecule has 5 heteroatoms. The first kappa shape index (κ1) is 17.7. The average molecular weight is 364 g/mol. The first-order valence-corrected chi connectivity index (χ1v) is 9.77. The first-order valence-electron chi connectivity index (χ1n) is 9.77. The predicted molar refractivity (Wildman–Crippen MR) is 105 cm³/mol. The van der Waals surface area contributed by atoms with Crippen LogP contribution < -0.4 is 10.2 Å². The molecule has 4 rings (SSSR count). The summed E-state index contributed by atoms with van der Waals surface area (Å²) in [5.74, 6) is 0.630. The lowest BCUT2D eigenvalue weighted by atomic mass is 10.1. The molecule has 0 spiro atoms. The van der Waals surface area contributed by atoms with Crippen LogP contribution >= 0.6 is 0 Å². The molecule has 5 nitrogen and oxygen atoms in total. The van der Waals surface area contributed by atoms with E-state index in [1.807, 2.05) is 47.4 Å². The van der Waals surface area contributed by atoms with Gasteiger partial charge in [0.05, 0.1) is 26.2 Å². The highest BCUT2D eigenvalue weighted by atomic mass is 16.2. The number of quaternary nitrogens is 1. The number of nitrogens with zero attached hydrogens (tertiary/aromatic N) is 1. The smallest absolute Gasteiger partial charge is 0.279 e. The van der Waals surface area contributed by atoms with Crippen molar-refractivity contribution in [3.05, 3.63) is 54.6 Å². The average Bonchev–Trinajstić information content (AvgIpc) is 3.55. The van der Waals surface area contributed by atoms with Crippen LogP contribution in [-0.2, 0) is 9.59 Å². The van der Waals surface area contributed by atoms with Gasteiger partial charge in [-0.1, -0.05) is 42.5 Å². The van der Waals surface area contributed by atoms with Gasteiger partial charge < -0.3 is 15.1 Å². The molecule has 0 unspecified atom stereocenters.